The number of hydrogen-bond donors (Lipinski definition) is 2. The van der Waals surface area contributed by atoms with E-state index in [-0.39, 0.29) is 41.5 Å². The normalized spacial score (nSPS) is 21.4. The zero-order valence-electron chi connectivity index (χ0n) is 18.6. The van der Waals surface area contributed by atoms with Gasteiger partial charge in [-0.05, 0) is 61.4 Å². The van der Waals surface area contributed by atoms with Gasteiger partial charge in [0.05, 0.1) is 6.42 Å². The number of rotatable bonds is 6. The van der Waals surface area contributed by atoms with E-state index in [1.54, 1.807) is 11.3 Å². The molecule has 6 nitrogen and oxygen atoms in total. The summed E-state index contributed by atoms with van der Waals surface area (Å²) in [4.78, 5) is 41.0. The summed E-state index contributed by atoms with van der Waals surface area (Å²) in [5.41, 5.74) is 0.409. The molecular weight excluding hydrogens is 441 g/mol. The SMILES string of the molecule is O=C(N[C@@H]1CCCCC1NC(=O)C1CCN(C(=O)Cc2cccs2)CC1)c1ccc(F)cc1. The van der Waals surface area contributed by atoms with Crippen LogP contribution in [0.1, 0.15) is 53.8 Å². The Balaban J connectivity index is 1.27. The number of benzene rings is 1. The van der Waals surface area contributed by atoms with Crippen molar-refractivity contribution in [2.45, 2.75) is 57.0 Å². The number of amides is 3. The van der Waals surface area contributed by atoms with Gasteiger partial charge >= 0.3 is 0 Å². The average Bonchev–Trinajstić information content (AvgIpc) is 3.34. The number of hydrogen-bond acceptors (Lipinski definition) is 4. The minimum atomic E-state index is -0.381. The topological polar surface area (TPSA) is 78.5 Å². The van der Waals surface area contributed by atoms with Crippen LogP contribution in [0.2, 0.25) is 0 Å². The number of carbonyl (C=O) groups is 3. The molecule has 2 aliphatic rings. The number of halogens is 1. The van der Waals surface area contributed by atoms with Crippen LogP contribution < -0.4 is 10.6 Å². The fraction of sp³-hybridized carbons (Fsp3) is 0.480. The lowest BCUT2D eigenvalue weighted by Gasteiger charge is -2.36. The molecule has 3 amide bonds. The summed E-state index contributed by atoms with van der Waals surface area (Å²) in [6.45, 7) is 1.19. The number of nitrogens with zero attached hydrogens (tertiary/aromatic N) is 1. The van der Waals surface area contributed by atoms with Gasteiger partial charge in [0.2, 0.25) is 11.8 Å². The molecule has 1 aliphatic carbocycles. The molecule has 2 fully saturated rings. The van der Waals surface area contributed by atoms with E-state index in [9.17, 15) is 18.8 Å². The second-order valence-electron chi connectivity index (χ2n) is 8.90. The van der Waals surface area contributed by atoms with Crippen LogP contribution in [-0.4, -0.2) is 47.8 Å². The van der Waals surface area contributed by atoms with E-state index >= 15 is 0 Å². The molecule has 1 aromatic heterocycles. The molecule has 0 bridgehead atoms. The van der Waals surface area contributed by atoms with Crippen LogP contribution in [0, 0.1) is 11.7 Å². The van der Waals surface area contributed by atoms with Crippen molar-refractivity contribution in [1.29, 1.82) is 0 Å². The highest BCUT2D eigenvalue weighted by molar-refractivity contribution is 7.10. The van der Waals surface area contributed by atoms with Gasteiger partial charge in [-0.25, -0.2) is 4.39 Å². The summed E-state index contributed by atoms with van der Waals surface area (Å²) in [6, 6.07) is 9.13. The first-order valence-corrected chi connectivity index (χ1v) is 12.5. The Bertz CT molecular complexity index is 956. The van der Waals surface area contributed by atoms with E-state index in [1.807, 2.05) is 22.4 Å². The Morgan fingerprint density at radius 1 is 0.939 bits per heavy atom. The standard InChI is InChI=1S/C25H30FN3O3S/c26-19-9-7-17(8-10-19)24(31)27-21-5-1-2-6-22(21)28-25(32)18-11-13-29(14-12-18)23(30)16-20-4-3-15-33-20/h3-4,7-10,15,18,21-22H,1-2,5-6,11-14,16H2,(H,27,31)(H,28,32)/t21-,22?/m1/s1. The van der Waals surface area contributed by atoms with E-state index in [0.717, 1.165) is 30.6 Å². The van der Waals surface area contributed by atoms with Crippen molar-refractivity contribution >= 4 is 29.1 Å². The number of nitrogens with one attached hydrogen (secondary N) is 2. The Labute approximate surface area is 197 Å². The summed E-state index contributed by atoms with van der Waals surface area (Å²) in [7, 11) is 0. The molecule has 1 aliphatic heterocycles. The van der Waals surface area contributed by atoms with Crippen molar-refractivity contribution in [2.24, 2.45) is 5.92 Å². The van der Waals surface area contributed by atoms with Crippen LogP contribution in [0.3, 0.4) is 0 Å². The van der Waals surface area contributed by atoms with E-state index < -0.39 is 0 Å². The van der Waals surface area contributed by atoms with E-state index in [1.165, 1.54) is 24.3 Å². The lowest BCUT2D eigenvalue weighted by atomic mass is 9.88. The van der Waals surface area contributed by atoms with Gasteiger partial charge in [0.25, 0.3) is 5.91 Å². The molecule has 0 spiro atoms. The summed E-state index contributed by atoms with van der Waals surface area (Å²) in [5, 5.41) is 8.17. The summed E-state index contributed by atoms with van der Waals surface area (Å²) >= 11 is 1.59. The quantitative estimate of drug-likeness (QED) is 0.677. The Kier molecular flexibility index (Phi) is 7.75. The minimum Gasteiger partial charge on any atom is -0.351 e. The number of likely N-dealkylation sites (tertiary alicyclic amines) is 1. The maximum atomic E-state index is 13.1. The van der Waals surface area contributed by atoms with Gasteiger partial charge in [0.1, 0.15) is 5.82 Å². The third kappa shape index (κ3) is 6.19. The van der Waals surface area contributed by atoms with Gasteiger partial charge in [-0.15, -0.1) is 11.3 Å². The lowest BCUT2D eigenvalue weighted by molar-refractivity contribution is -0.135. The largest absolute Gasteiger partial charge is 0.351 e. The molecular formula is C25H30FN3O3S. The predicted octanol–water partition coefficient (Wildman–Crippen LogP) is 3.53. The molecule has 2 heterocycles. The number of piperidine rings is 1. The van der Waals surface area contributed by atoms with Crippen molar-refractivity contribution in [3.8, 4) is 0 Å². The van der Waals surface area contributed by atoms with Crippen LogP contribution >= 0.6 is 11.3 Å². The monoisotopic (exact) mass is 471 g/mol. The van der Waals surface area contributed by atoms with Crippen LogP contribution in [0.4, 0.5) is 4.39 Å². The molecule has 1 saturated carbocycles. The van der Waals surface area contributed by atoms with Gasteiger partial charge in [0, 0.05) is 41.5 Å². The summed E-state index contributed by atoms with van der Waals surface area (Å²) < 4.78 is 13.1. The first kappa shape index (κ1) is 23.4. The van der Waals surface area contributed by atoms with Crippen LogP contribution in [0.5, 0.6) is 0 Å². The van der Waals surface area contributed by atoms with Gasteiger partial charge in [-0.3, -0.25) is 14.4 Å². The van der Waals surface area contributed by atoms with Crippen molar-refractivity contribution in [1.82, 2.24) is 15.5 Å². The highest BCUT2D eigenvalue weighted by atomic mass is 32.1. The summed E-state index contributed by atoms with van der Waals surface area (Å²) in [6.07, 6.45) is 5.34. The van der Waals surface area contributed by atoms with E-state index in [4.69, 9.17) is 0 Å². The third-order valence-corrected chi connectivity index (χ3v) is 7.52. The van der Waals surface area contributed by atoms with Crippen LogP contribution in [0.15, 0.2) is 41.8 Å². The zero-order chi connectivity index (χ0) is 23.2. The minimum absolute atomic E-state index is 0.00767. The second kappa shape index (κ2) is 10.9. The highest BCUT2D eigenvalue weighted by Gasteiger charge is 2.32. The molecule has 2 N–H and O–H groups in total. The Hall–Kier alpha value is -2.74. The van der Waals surface area contributed by atoms with Crippen molar-refractivity contribution in [3.05, 3.63) is 58.0 Å². The van der Waals surface area contributed by atoms with Gasteiger partial charge < -0.3 is 15.5 Å². The van der Waals surface area contributed by atoms with E-state index in [2.05, 4.69) is 10.6 Å². The molecule has 1 aromatic carbocycles. The fourth-order valence-corrected chi connectivity index (χ4v) is 5.39. The average molecular weight is 472 g/mol. The Morgan fingerprint density at radius 3 is 2.24 bits per heavy atom. The molecule has 1 unspecified atom stereocenters. The molecule has 1 saturated heterocycles. The van der Waals surface area contributed by atoms with Gasteiger partial charge in [0.15, 0.2) is 0 Å². The molecule has 2 aromatic rings. The first-order valence-electron chi connectivity index (χ1n) is 11.7. The maximum absolute atomic E-state index is 13.1. The van der Waals surface area contributed by atoms with Crippen LogP contribution in [0.25, 0.3) is 0 Å². The first-order chi connectivity index (χ1) is 16.0. The van der Waals surface area contributed by atoms with Gasteiger partial charge in [-0.2, -0.15) is 0 Å². The predicted molar refractivity (Wildman–Crippen MR) is 125 cm³/mol. The third-order valence-electron chi connectivity index (χ3n) is 6.64. The molecule has 2 atom stereocenters. The molecule has 8 heteroatoms. The molecule has 4 rings (SSSR count). The van der Waals surface area contributed by atoms with Crippen molar-refractivity contribution in [3.63, 3.8) is 0 Å². The van der Waals surface area contributed by atoms with Crippen LogP contribution in [-0.2, 0) is 16.0 Å². The van der Waals surface area contributed by atoms with Crippen molar-refractivity contribution < 1.29 is 18.8 Å². The van der Waals surface area contributed by atoms with Crippen molar-refractivity contribution in [2.75, 3.05) is 13.1 Å². The molecule has 176 valence electrons. The lowest BCUT2D eigenvalue weighted by Crippen LogP contribution is -2.55. The summed E-state index contributed by atoms with van der Waals surface area (Å²) in [5.74, 6) is -0.626. The van der Waals surface area contributed by atoms with E-state index in [0.29, 0.717) is 37.9 Å². The second-order valence-corrected chi connectivity index (χ2v) is 9.93. The molecule has 33 heavy (non-hydrogen) atoms. The highest BCUT2D eigenvalue weighted by Crippen LogP contribution is 2.23. The maximum Gasteiger partial charge on any atom is 0.251 e. The number of thiophene rings is 1. The smallest absolute Gasteiger partial charge is 0.251 e. The zero-order valence-corrected chi connectivity index (χ0v) is 19.4. The Morgan fingerprint density at radius 2 is 1.61 bits per heavy atom. The number of carbonyl (C=O) groups excluding carboxylic acids is 3. The molecule has 0 radical (unpaired) electrons. The van der Waals surface area contributed by atoms with Gasteiger partial charge in [-0.1, -0.05) is 18.9 Å². The fourth-order valence-electron chi connectivity index (χ4n) is 4.70.